The molecule has 2 bridgehead atoms. The van der Waals surface area contributed by atoms with Crippen LogP contribution in [0, 0.1) is 23.7 Å². The lowest BCUT2D eigenvalue weighted by atomic mass is 9.84. The number of allylic oxidation sites excluding steroid dienone is 3. The summed E-state index contributed by atoms with van der Waals surface area (Å²) in [5.41, 5.74) is 1.56. The lowest BCUT2D eigenvalue weighted by Gasteiger charge is -2.19. The maximum Gasteiger partial charge on any atom is 0.168 e. The van der Waals surface area contributed by atoms with E-state index in [1.54, 1.807) is 0 Å². The molecular weight excluding hydrogens is 281 g/mol. The molecule has 5 atom stereocenters. The number of hydrogen-bond donors (Lipinski definition) is 2. The lowest BCUT2D eigenvalue weighted by molar-refractivity contribution is -0.119. The number of nitrogens with one attached hydrogen (secondary N) is 1. The highest BCUT2D eigenvalue weighted by molar-refractivity contribution is 7.28. The van der Waals surface area contributed by atoms with Crippen LogP contribution in [0.1, 0.15) is 6.42 Å². The monoisotopic (exact) mass is 299 g/mol. The van der Waals surface area contributed by atoms with E-state index < -0.39 is 0 Å². The molecule has 0 spiro atoms. The minimum Gasteiger partial charge on any atom is -0.511 e. The van der Waals surface area contributed by atoms with Gasteiger partial charge in [0.2, 0.25) is 0 Å². The predicted octanol–water partition coefficient (Wildman–Crippen LogP) is 2.43. The standard InChI is InChI=1S/C17H18NO2P/c19-16-11(8-18-12-3-1-2-4-13(12)21)17(20)15-10-6-5-9(7-10)14(15)16/h1-6,9-10,14-15,18-19H,7-8,21H2/t9-,10+,14-,15+/m1/s1. The molecule has 0 saturated heterocycles. The molecule has 1 saturated carbocycles. The molecule has 1 aromatic rings. The largest absolute Gasteiger partial charge is 0.511 e. The zero-order valence-electron chi connectivity index (χ0n) is 11.6. The van der Waals surface area contributed by atoms with E-state index in [4.69, 9.17) is 0 Å². The lowest BCUT2D eigenvalue weighted by Crippen LogP contribution is -2.23. The van der Waals surface area contributed by atoms with Crippen molar-refractivity contribution in [2.24, 2.45) is 23.7 Å². The number of benzene rings is 1. The number of Topliss-reactive ketones (excluding diaryl/α,β-unsaturated/α-hetero) is 1. The molecule has 3 aliphatic carbocycles. The average molecular weight is 299 g/mol. The fourth-order valence-corrected chi connectivity index (χ4v) is 4.41. The third-order valence-electron chi connectivity index (χ3n) is 5.10. The van der Waals surface area contributed by atoms with Crippen LogP contribution < -0.4 is 10.6 Å². The molecule has 108 valence electrons. The fourth-order valence-electron chi connectivity index (χ4n) is 4.10. The van der Waals surface area contributed by atoms with Gasteiger partial charge in [-0.05, 0) is 29.6 Å². The molecule has 0 aromatic heterocycles. The summed E-state index contributed by atoms with van der Waals surface area (Å²) in [6.45, 7) is 0.405. The van der Waals surface area contributed by atoms with Crippen LogP contribution in [0.4, 0.5) is 5.69 Å². The van der Waals surface area contributed by atoms with Gasteiger partial charge in [-0.25, -0.2) is 0 Å². The first-order valence-corrected chi connectivity index (χ1v) is 7.97. The molecule has 4 heteroatoms. The predicted molar refractivity (Wildman–Crippen MR) is 86.7 cm³/mol. The summed E-state index contributed by atoms with van der Waals surface area (Å²) in [4.78, 5) is 12.6. The zero-order valence-corrected chi connectivity index (χ0v) is 12.8. The zero-order chi connectivity index (χ0) is 14.6. The molecule has 1 unspecified atom stereocenters. The molecular formula is C17H18NO2P. The van der Waals surface area contributed by atoms with Gasteiger partial charge in [-0.3, -0.25) is 4.79 Å². The Bertz CT molecular complexity index is 679. The third kappa shape index (κ3) is 1.87. The molecule has 2 N–H and O–H groups in total. The maximum absolute atomic E-state index is 12.6. The van der Waals surface area contributed by atoms with E-state index >= 15 is 0 Å². The van der Waals surface area contributed by atoms with E-state index in [0.717, 1.165) is 17.4 Å². The van der Waals surface area contributed by atoms with Crippen LogP contribution >= 0.6 is 9.24 Å². The van der Waals surface area contributed by atoms with Gasteiger partial charge in [0, 0.05) is 24.1 Å². The number of rotatable bonds is 3. The Labute approximate surface area is 126 Å². The second-order valence-electron chi connectivity index (χ2n) is 6.17. The summed E-state index contributed by atoms with van der Waals surface area (Å²) < 4.78 is 0. The molecule has 3 aliphatic rings. The Morgan fingerprint density at radius 2 is 1.90 bits per heavy atom. The number of carbonyl (C=O) groups excluding carboxylic acids is 1. The van der Waals surface area contributed by atoms with Crippen LogP contribution in [0.5, 0.6) is 0 Å². The van der Waals surface area contributed by atoms with Crippen LogP contribution in [0.15, 0.2) is 47.7 Å². The molecule has 0 radical (unpaired) electrons. The first-order chi connectivity index (χ1) is 10.2. The van der Waals surface area contributed by atoms with Crippen LogP contribution in [0.3, 0.4) is 0 Å². The summed E-state index contributed by atoms with van der Waals surface area (Å²) in [5, 5.41) is 14.8. The molecule has 1 fully saturated rings. The van der Waals surface area contributed by atoms with Crippen molar-refractivity contribution in [3.8, 4) is 0 Å². The third-order valence-corrected chi connectivity index (χ3v) is 5.60. The Hall–Kier alpha value is -1.60. The summed E-state index contributed by atoms with van der Waals surface area (Å²) in [6, 6.07) is 7.90. The van der Waals surface area contributed by atoms with Crippen LogP contribution in [0.2, 0.25) is 0 Å². The highest BCUT2D eigenvalue weighted by Crippen LogP contribution is 2.55. The smallest absolute Gasteiger partial charge is 0.168 e. The van der Waals surface area contributed by atoms with Crippen molar-refractivity contribution in [3.63, 3.8) is 0 Å². The number of para-hydroxylation sites is 1. The average Bonchev–Trinajstić information content (AvgIpc) is 3.14. The quantitative estimate of drug-likeness (QED) is 0.666. The number of fused-ring (bicyclic) bond motifs is 5. The van der Waals surface area contributed by atoms with Crippen molar-refractivity contribution in [3.05, 3.63) is 47.7 Å². The molecule has 0 aliphatic heterocycles. The minimum absolute atomic E-state index is 0.0111. The molecule has 3 nitrogen and oxygen atoms in total. The van der Waals surface area contributed by atoms with Crippen LogP contribution in [0.25, 0.3) is 0 Å². The van der Waals surface area contributed by atoms with Crippen molar-refractivity contribution < 1.29 is 9.90 Å². The summed E-state index contributed by atoms with van der Waals surface area (Å²) in [6.07, 6.45) is 5.36. The summed E-state index contributed by atoms with van der Waals surface area (Å²) in [5.74, 6) is 1.19. The van der Waals surface area contributed by atoms with Gasteiger partial charge in [-0.2, -0.15) is 0 Å². The maximum atomic E-state index is 12.6. The number of anilines is 1. The number of carbonyl (C=O) groups is 1. The van der Waals surface area contributed by atoms with E-state index in [1.807, 2.05) is 24.3 Å². The minimum atomic E-state index is -0.0111. The molecule has 1 aromatic carbocycles. The number of aliphatic hydroxyl groups excluding tert-OH is 1. The first-order valence-electron chi connectivity index (χ1n) is 7.39. The van der Waals surface area contributed by atoms with E-state index in [-0.39, 0.29) is 17.6 Å². The Balaban J connectivity index is 1.56. The van der Waals surface area contributed by atoms with Crippen molar-refractivity contribution in [2.45, 2.75) is 6.42 Å². The van der Waals surface area contributed by atoms with Crippen molar-refractivity contribution in [1.29, 1.82) is 0 Å². The van der Waals surface area contributed by atoms with Gasteiger partial charge in [-0.15, -0.1) is 9.24 Å². The van der Waals surface area contributed by atoms with Gasteiger partial charge < -0.3 is 10.4 Å². The van der Waals surface area contributed by atoms with E-state index in [2.05, 4.69) is 26.7 Å². The Kier molecular flexibility index (Phi) is 2.93. The van der Waals surface area contributed by atoms with Crippen molar-refractivity contribution in [2.75, 3.05) is 11.9 Å². The van der Waals surface area contributed by atoms with Crippen LogP contribution in [-0.2, 0) is 4.79 Å². The van der Waals surface area contributed by atoms with Gasteiger partial charge >= 0.3 is 0 Å². The van der Waals surface area contributed by atoms with Crippen LogP contribution in [-0.4, -0.2) is 17.4 Å². The van der Waals surface area contributed by atoms with E-state index in [1.165, 1.54) is 0 Å². The SMILES string of the molecule is O=C1C(CNc2ccccc2P)=C(O)[C@H]2[C@@H]1[C@H]1C=C[C@@H]2C1. The number of aliphatic hydroxyl groups is 1. The van der Waals surface area contributed by atoms with E-state index in [9.17, 15) is 9.90 Å². The Morgan fingerprint density at radius 1 is 1.19 bits per heavy atom. The highest BCUT2D eigenvalue weighted by atomic mass is 31.0. The van der Waals surface area contributed by atoms with Crippen molar-refractivity contribution in [1.82, 2.24) is 0 Å². The molecule has 0 heterocycles. The number of hydrogen-bond acceptors (Lipinski definition) is 3. The normalized spacial score (nSPS) is 32.9. The number of ketones is 1. The van der Waals surface area contributed by atoms with E-state index in [0.29, 0.717) is 29.7 Å². The summed E-state index contributed by atoms with van der Waals surface area (Å²) >= 11 is 0. The van der Waals surface area contributed by atoms with Gasteiger partial charge in [0.25, 0.3) is 0 Å². The fraction of sp³-hybridized carbons (Fsp3) is 0.353. The molecule has 0 amide bonds. The topological polar surface area (TPSA) is 49.3 Å². The second-order valence-corrected chi connectivity index (χ2v) is 6.79. The van der Waals surface area contributed by atoms with Gasteiger partial charge in [0.1, 0.15) is 5.76 Å². The first kappa shape index (κ1) is 13.1. The highest BCUT2D eigenvalue weighted by Gasteiger charge is 2.55. The van der Waals surface area contributed by atoms with Gasteiger partial charge in [0.05, 0.1) is 5.57 Å². The molecule has 21 heavy (non-hydrogen) atoms. The second kappa shape index (κ2) is 4.71. The Morgan fingerprint density at radius 3 is 2.62 bits per heavy atom. The summed E-state index contributed by atoms with van der Waals surface area (Å²) in [7, 11) is 2.68. The van der Waals surface area contributed by atoms with Crippen molar-refractivity contribution >= 4 is 26.0 Å². The molecule has 4 rings (SSSR count). The van der Waals surface area contributed by atoms with Gasteiger partial charge in [-0.1, -0.05) is 30.4 Å². The van der Waals surface area contributed by atoms with Gasteiger partial charge in [0.15, 0.2) is 5.78 Å².